The van der Waals surface area contributed by atoms with Crippen LogP contribution in [0.3, 0.4) is 0 Å². The highest BCUT2D eigenvalue weighted by Crippen LogP contribution is 2.35. The Kier molecular flexibility index (Phi) is 5.87. The quantitative estimate of drug-likeness (QED) is 0.741. The van der Waals surface area contributed by atoms with E-state index in [-0.39, 0.29) is 16.8 Å². The molecule has 0 spiro atoms. The summed E-state index contributed by atoms with van der Waals surface area (Å²) in [5, 5.41) is 11.3. The number of carbonyl (C=O) groups is 1. The Balaban J connectivity index is 1.88. The van der Waals surface area contributed by atoms with E-state index in [0.717, 1.165) is 25.1 Å². The second-order valence-electron chi connectivity index (χ2n) is 6.69. The summed E-state index contributed by atoms with van der Waals surface area (Å²) in [6.45, 7) is 3.53. The van der Waals surface area contributed by atoms with Crippen LogP contribution in [0.15, 0.2) is 34.3 Å². The average molecular weight is 424 g/mol. The molecule has 0 bridgehead atoms. The van der Waals surface area contributed by atoms with E-state index in [1.807, 2.05) is 0 Å². The molecule has 0 radical (unpaired) electrons. The number of benzene rings is 1. The molecule has 0 saturated heterocycles. The number of rotatable bonds is 6. The first-order chi connectivity index (χ1) is 13.2. The van der Waals surface area contributed by atoms with Crippen LogP contribution in [-0.2, 0) is 21.2 Å². The summed E-state index contributed by atoms with van der Waals surface area (Å²) in [5.41, 5.74) is 2.02. The minimum Gasteiger partial charge on any atom is -0.343 e. The number of primary sulfonamides is 1. The summed E-state index contributed by atoms with van der Waals surface area (Å²) < 4.78 is 22.9. The van der Waals surface area contributed by atoms with Crippen LogP contribution in [0, 0.1) is 0 Å². The highest BCUT2D eigenvalue weighted by molar-refractivity contribution is 7.89. The molecular weight excluding hydrogens is 402 g/mol. The molecule has 1 aromatic heterocycles. The topological polar surface area (TPSA) is 122 Å². The number of nitrogens with two attached hydrogens (primary N) is 1. The first-order valence-corrected chi connectivity index (χ1v) is 10.9. The molecule has 28 heavy (non-hydrogen) atoms. The number of halogens is 1. The van der Waals surface area contributed by atoms with E-state index in [0.29, 0.717) is 28.5 Å². The number of hydrazone groups is 1. The zero-order chi connectivity index (χ0) is 20.5. The smallest absolute Gasteiger partial charge is 0.240 e. The van der Waals surface area contributed by atoms with Crippen LogP contribution >= 0.6 is 11.6 Å². The van der Waals surface area contributed by atoms with E-state index in [1.54, 1.807) is 12.1 Å². The van der Waals surface area contributed by atoms with E-state index < -0.39 is 10.0 Å². The Bertz CT molecular complexity index is 1010. The molecule has 1 atom stereocenters. The van der Waals surface area contributed by atoms with Gasteiger partial charge in [-0.15, -0.1) is 0 Å². The molecule has 3 rings (SSSR count). The number of nitrogens with zero attached hydrogens (tertiary/aromatic N) is 3. The third kappa shape index (κ3) is 4.26. The number of nitrogens with one attached hydrogen (secondary N) is 1. The van der Waals surface area contributed by atoms with E-state index in [2.05, 4.69) is 22.0 Å². The Morgan fingerprint density at radius 2 is 2.04 bits per heavy atom. The SMILES string of the molecule is CCCCc1nc(Cl)c(C2CC(c3ccc(S(N)(=O)=O)cc3)=NN2C(C)=O)[nH]1. The van der Waals surface area contributed by atoms with Crippen molar-refractivity contribution in [1.82, 2.24) is 15.0 Å². The molecule has 0 fully saturated rings. The molecule has 150 valence electrons. The molecule has 0 saturated carbocycles. The van der Waals surface area contributed by atoms with Crippen LogP contribution in [0.25, 0.3) is 0 Å². The third-order valence-corrected chi connectivity index (χ3v) is 5.80. The maximum absolute atomic E-state index is 12.1. The van der Waals surface area contributed by atoms with Gasteiger partial charge in [-0.25, -0.2) is 23.5 Å². The zero-order valence-electron chi connectivity index (χ0n) is 15.6. The lowest BCUT2D eigenvalue weighted by Crippen LogP contribution is -2.24. The van der Waals surface area contributed by atoms with Crippen molar-refractivity contribution in [2.75, 3.05) is 0 Å². The number of carbonyl (C=O) groups excluding carboxylic acids is 1. The molecule has 1 unspecified atom stereocenters. The number of aromatic nitrogens is 2. The van der Waals surface area contributed by atoms with Gasteiger partial charge in [-0.2, -0.15) is 5.10 Å². The largest absolute Gasteiger partial charge is 0.343 e. The van der Waals surface area contributed by atoms with Crippen molar-refractivity contribution < 1.29 is 13.2 Å². The predicted molar refractivity (Wildman–Crippen MR) is 106 cm³/mol. The minimum absolute atomic E-state index is 0.0204. The van der Waals surface area contributed by atoms with Crippen LogP contribution in [-0.4, -0.2) is 35.0 Å². The van der Waals surface area contributed by atoms with E-state index in [1.165, 1.54) is 24.1 Å². The van der Waals surface area contributed by atoms with Crippen LogP contribution < -0.4 is 5.14 Å². The molecular formula is C18H22ClN5O3S. The predicted octanol–water partition coefficient (Wildman–Crippen LogP) is 2.75. The highest BCUT2D eigenvalue weighted by atomic mass is 35.5. The van der Waals surface area contributed by atoms with E-state index in [4.69, 9.17) is 16.7 Å². The average Bonchev–Trinajstić information content (AvgIpc) is 3.23. The molecule has 1 aliphatic rings. The van der Waals surface area contributed by atoms with Gasteiger partial charge in [-0.1, -0.05) is 37.1 Å². The van der Waals surface area contributed by atoms with Crippen molar-refractivity contribution in [2.45, 2.75) is 50.5 Å². The number of amides is 1. The van der Waals surface area contributed by atoms with Gasteiger partial charge >= 0.3 is 0 Å². The van der Waals surface area contributed by atoms with Crippen molar-refractivity contribution in [3.05, 3.63) is 46.5 Å². The monoisotopic (exact) mass is 423 g/mol. The molecule has 2 aromatic rings. The van der Waals surface area contributed by atoms with Gasteiger partial charge in [0.1, 0.15) is 11.9 Å². The van der Waals surface area contributed by atoms with Crippen LogP contribution in [0.4, 0.5) is 0 Å². The van der Waals surface area contributed by atoms with Gasteiger partial charge in [0.25, 0.3) is 0 Å². The van der Waals surface area contributed by atoms with Gasteiger partial charge in [0.15, 0.2) is 5.15 Å². The van der Waals surface area contributed by atoms with Crippen molar-refractivity contribution in [3.8, 4) is 0 Å². The lowest BCUT2D eigenvalue weighted by Gasteiger charge is -2.19. The fraction of sp³-hybridized carbons (Fsp3) is 0.389. The first-order valence-electron chi connectivity index (χ1n) is 8.95. The van der Waals surface area contributed by atoms with Crippen molar-refractivity contribution in [3.63, 3.8) is 0 Å². The number of aromatic amines is 1. The van der Waals surface area contributed by atoms with Crippen LogP contribution in [0.5, 0.6) is 0 Å². The second-order valence-corrected chi connectivity index (χ2v) is 8.61. The standard InChI is InChI=1S/C18H22ClN5O3S/c1-3-4-5-16-21-17(18(19)22-16)15-10-14(23-24(15)11(2)25)12-6-8-13(9-7-12)28(20,26)27/h6-9,15H,3-5,10H2,1-2H3,(H,21,22)(H2,20,26,27). The summed E-state index contributed by atoms with van der Waals surface area (Å²) >= 11 is 6.33. The first kappa shape index (κ1) is 20.5. The van der Waals surface area contributed by atoms with Gasteiger partial charge in [-0.3, -0.25) is 4.79 Å². The van der Waals surface area contributed by atoms with Gasteiger partial charge < -0.3 is 4.98 Å². The number of unbranched alkanes of at least 4 members (excludes halogenated alkanes) is 1. The fourth-order valence-electron chi connectivity index (χ4n) is 3.13. The maximum atomic E-state index is 12.1. The summed E-state index contributed by atoms with van der Waals surface area (Å²) in [5.74, 6) is 0.568. The minimum atomic E-state index is -3.77. The Labute approximate surface area is 168 Å². The summed E-state index contributed by atoms with van der Waals surface area (Å²) in [7, 11) is -3.77. The van der Waals surface area contributed by atoms with E-state index in [9.17, 15) is 13.2 Å². The molecule has 8 nitrogen and oxygen atoms in total. The summed E-state index contributed by atoms with van der Waals surface area (Å²) in [6.07, 6.45) is 3.25. The highest BCUT2D eigenvalue weighted by Gasteiger charge is 2.34. The number of hydrogen-bond donors (Lipinski definition) is 2. The summed E-state index contributed by atoms with van der Waals surface area (Å²) in [6, 6.07) is 5.71. The van der Waals surface area contributed by atoms with Crippen LogP contribution in [0.1, 0.15) is 56.2 Å². The van der Waals surface area contributed by atoms with Crippen molar-refractivity contribution >= 4 is 33.2 Å². The molecule has 1 aliphatic heterocycles. The molecule has 10 heteroatoms. The van der Waals surface area contributed by atoms with Gasteiger partial charge in [0.05, 0.1) is 16.3 Å². The molecule has 1 amide bonds. The molecule has 0 aliphatic carbocycles. The molecule has 1 aromatic carbocycles. The Morgan fingerprint density at radius 3 is 2.61 bits per heavy atom. The maximum Gasteiger partial charge on any atom is 0.240 e. The van der Waals surface area contributed by atoms with Crippen LogP contribution in [0.2, 0.25) is 5.15 Å². The lowest BCUT2D eigenvalue weighted by molar-refractivity contribution is -0.130. The summed E-state index contributed by atoms with van der Waals surface area (Å²) in [4.78, 5) is 19.7. The number of sulfonamides is 1. The fourth-order valence-corrected chi connectivity index (χ4v) is 3.92. The number of imidazole rings is 1. The van der Waals surface area contributed by atoms with Crippen molar-refractivity contribution in [2.24, 2.45) is 10.2 Å². The lowest BCUT2D eigenvalue weighted by atomic mass is 10.0. The number of hydrogen-bond acceptors (Lipinski definition) is 5. The van der Waals surface area contributed by atoms with Crippen molar-refractivity contribution in [1.29, 1.82) is 0 Å². The Hall–Kier alpha value is -2.23. The normalized spacial score (nSPS) is 17.1. The van der Waals surface area contributed by atoms with Gasteiger partial charge in [0, 0.05) is 19.8 Å². The van der Waals surface area contributed by atoms with Gasteiger partial charge in [-0.05, 0) is 24.1 Å². The number of aryl methyl sites for hydroxylation is 1. The zero-order valence-corrected chi connectivity index (χ0v) is 17.2. The third-order valence-electron chi connectivity index (χ3n) is 4.58. The number of H-pyrrole nitrogens is 1. The molecule has 3 N–H and O–H groups in total. The molecule has 2 heterocycles. The van der Waals surface area contributed by atoms with E-state index >= 15 is 0 Å². The second kappa shape index (κ2) is 8.02. The van der Waals surface area contributed by atoms with Gasteiger partial charge in [0.2, 0.25) is 15.9 Å². The Morgan fingerprint density at radius 1 is 1.36 bits per heavy atom.